The Bertz CT molecular complexity index is 1100. The minimum absolute atomic E-state index is 0. The first-order chi connectivity index (χ1) is 15.2. The van der Waals surface area contributed by atoms with Crippen molar-refractivity contribution in [1.29, 1.82) is 0 Å². The maximum absolute atomic E-state index is 13.6. The summed E-state index contributed by atoms with van der Waals surface area (Å²) in [4.78, 5) is 20.3. The minimum atomic E-state index is -0.288. The van der Waals surface area contributed by atoms with Crippen molar-refractivity contribution in [3.8, 4) is 0 Å². The highest BCUT2D eigenvalue weighted by molar-refractivity contribution is 14.0. The Kier molecular flexibility index (Phi) is 9.70. The van der Waals surface area contributed by atoms with E-state index in [1.54, 1.807) is 12.1 Å². The highest BCUT2D eigenvalue weighted by Gasteiger charge is 2.15. The number of H-pyrrole nitrogens is 1. The molecule has 3 aromatic rings. The van der Waals surface area contributed by atoms with Crippen molar-refractivity contribution in [2.45, 2.75) is 46.2 Å². The molecule has 0 fully saturated rings. The van der Waals surface area contributed by atoms with E-state index in [0.717, 1.165) is 35.0 Å². The average molecular weight is 565 g/mol. The number of fused-ring (bicyclic) bond motifs is 1. The highest BCUT2D eigenvalue weighted by Crippen LogP contribution is 2.19. The molecular weight excluding hydrogens is 532 g/mol. The van der Waals surface area contributed by atoms with Crippen molar-refractivity contribution in [3.63, 3.8) is 0 Å². The van der Waals surface area contributed by atoms with Crippen LogP contribution in [0.1, 0.15) is 49.2 Å². The van der Waals surface area contributed by atoms with Crippen LogP contribution >= 0.6 is 24.0 Å². The van der Waals surface area contributed by atoms with Gasteiger partial charge in [0.05, 0.1) is 6.54 Å². The second-order valence-corrected chi connectivity index (χ2v) is 8.78. The summed E-state index contributed by atoms with van der Waals surface area (Å²) in [5.41, 5.74) is 3.27. The molecule has 0 atom stereocenters. The van der Waals surface area contributed by atoms with Gasteiger partial charge < -0.3 is 20.9 Å². The van der Waals surface area contributed by atoms with Gasteiger partial charge in [0.1, 0.15) is 5.82 Å². The quantitative estimate of drug-likeness (QED) is 0.190. The highest BCUT2D eigenvalue weighted by atomic mass is 127. The summed E-state index contributed by atoms with van der Waals surface area (Å²) in [6.45, 7) is 9.73. The number of rotatable bonds is 7. The van der Waals surface area contributed by atoms with Gasteiger partial charge in [-0.05, 0) is 75.6 Å². The van der Waals surface area contributed by atoms with Crippen molar-refractivity contribution in [3.05, 3.63) is 71.2 Å². The van der Waals surface area contributed by atoms with E-state index in [1.165, 1.54) is 6.07 Å². The summed E-state index contributed by atoms with van der Waals surface area (Å²) < 4.78 is 13.6. The van der Waals surface area contributed by atoms with E-state index >= 15 is 0 Å². The lowest BCUT2D eigenvalue weighted by atomic mass is 10.1. The van der Waals surface area contributed by atoms with Gasteiger partial charge in [0.15, 0.2) is 5.96 Å². The van der Waals surface area contributed by atoms with Crippen LogP contribution in [0.2, 0.25) is 0 Å². The van der Waals surface area contributed by atoms with E-state index < -0.39 is 0 Å². The van der Waals surface area contributed by atoms with Crippen molar-refractivity contribution >= 4 is 46.7 Å². The van der Waals surface area contributed by atoms with Crippen LogP contribution in [-0.2, 0) is 13.0 Å². The lowest BCUT2D eigenvalue weighted by Gasteiger charge is -2.20. The van der Waals surface area contributed by atoms with Crippen LogP contribution in [0, 0.1) is 5.82 Å². The van der Waals surface area contributed by atoms with Gasteiger partial charge in [-0.25, -0.2) is 9.38 Å². The standard InChI is InChI=1S/C25H32FN5O.HI/c1-5-27-24(28-12-11-19-16-29-22-10-9-20(26)14-21(19)22)30-15-17-7-6-8-18(13-17)23(32)31-25(2,3)4;/h6-10,13-14,16,29H,5,11-12,15H2,1-4H3,(H,31,32)(H2,27,28,30);1H. The predicted molar refractivity (Wildman–Crippen MR) is 144 cm³/mol. The number of benzene rings is 2. The second-order valence-electron chi connectivity index (χ2n) is 8.78. The van der Waals surface area contributed by atoms with E-state index in [0.29, 0.717) is 24.6 Å². The monoisotopic (exact) mass is 565 g/mol. The van der Waals surface area contributed by atoms with Gasteiger partial charge in [-0.1, -0.05) is 12.1 Å². The van der Waals surface area contributed by atoms with Crippen molar-refractivity contribution in [2.75, 3.05) is 13.1 Å². The van der Waals surface area contributed by atoms with E-state index in [2.05, 4.69) is 25.9 Å². The number of guanidine groups is 1. The Morgan fingerprint density at radius 2 is 1.91 bits per heavy atom. The van der Waals surface area contributed by atoms with Crippen LogP contribution in [0.5, 0.6) is 0 Å². The number of halogens is 2. The number of aromatic nitrogens is 1. The molecule has 0 radical (unpaired) electrons. The third-order valence-electron chi connectivity index (χ3n) is 4.86. The topological polar surface area (TPSA) is 81.3 Å². The summed E-state index contributed by atoms with van der Waals surface area (Å²) in [5.74, 6) is 0.367. The Labute approximate surface area is 211 Å². The summed E-state index contributed by atoms with van der Waals surface area (Å²) >= 11 is 0. The molecule has 0 unspecified atom stereocenters. The number of hydrogen-bond donors (Lipinski definition) is 4. The molecule has 0 aliphatic heterocycles. The van der Waals surface area contributed by atoms with E-state index in [-0.39, 0.29) is 41.2 Å². The van der Waals surface area contributed by atoms with Crippen LogP contribution in [0.25, 0.3) is 10.9 Å². The molecule has 4 N–H and O–H groups in total. The molecule has 0 bridgehead atoms. The lowest BCUT2D eigenvalue weighted by molar-refractivity contribution is 0.0919. The van der Waals surface area contributed by atoms with Gasteiger partial charge in [-0.2, -0.15) is 0 Å². The molecular formula is C25H33FIN5O. The van der Waals surface area contributed by atoms with Crippen molar-refractivity contribution < 1.29 is 9.18 Å². The maximum Gasteiger partial charge on any atom is 0.251 e. The molecule has 33 heavy (non-hydrogen) atoms. The Morgan fingerprint density at radius 1 is 1.12 bits per heavy atom. The normalized spacial score (nSPS) is 11.7. The minimum Gasteiger partial charge on any atom is -0.361 e. The summed E-state index contributed by atoms with van der Waals surface area (Å²) in [5, 5.41) is 10.5. The third kappa shape index (κ3) is 8.03. The molecule has 178 valence electrons. The summed E-state index contributed by atoms with van der Waals surface area (Å²) in [7, 11) is 0. The van der Waals surface area contributed by atoms with Gasteiger partial charge >= 0.3 is 0 Å². The van der Waals surface area contributed by atoms with E-state index in [9.17, 15) is 9.18 Å². The summed E-state index contributed by atoms with van der Waals surface area (Å²) in [6.07, 6.45) is 2.65. The predicted octanol–water partition coefficient (Wildman–Crippen LogP) is 4.75. The Morgan fingerprint density at radius 3 is 2.64 bits per heavy atom. The van der Waals surface area contributed by atoms with E-state index in [4.69, 9.17) is 0 Å². The summed E-state index contributed by atoms with van der Waals surface area (Å²) in [6, 6.07) is 12.3. The smallest absolute Gasteiger partial charge is 0.251 e. The zero-order valence-corrected chi connectivity index (χ0v) is 21.9. The SMILES string of the molecule is CCNC(=NCc1cccc(C(=O)NC(C)(C)C)c1)NCCc1c[nH]c2ccc(F)cc12.I. The van der Waals surface area contributed by atoms with Crippen molar-refractivity contribution in [2.24, 2.45) is 4.99 Å². The molecule has 3 rings (SSSR count). The number of amides is 1. The molecule has 2 aromatic carbocycles. The molecule has 1 aromatic heterocycles. The van der Waals surface area contributed by atoms with Crippen molar-refractivity contribution in [1.82, 2.24) is 20.9 Å². The van der Waals surface area contributed by atoms with Gasteiger partial charge in [0, 0.05) is 41.3 Å². The number of nitrogens with one attached hydrogen (secondary N) is 4. The van der Waals surface area contributed by atoms with Crippen LogP contribution in [-0.4, -0.2) is 35.5 Å². The molecule has 0 saturated heterocycles. The first kappa shape index (κ1) is 26.6. The number of carbonyl (C=O) groups is 1. The fourth-order valence-electron chi connectivity index (χ4n) is 3.41. The molecule has 0 aliphatic rings. The zero-order valence-electron chi connectivity index (χ0n) is 19.6. The van der Waals surface area contributed by atoms with Crippen LogP contribution in [0.3, 0.4) is 0 Å². The fraction of sp³-hybridized carbons (Fsp3) is 0.360. The molecule has 0 spiro atoms. The number of aliphatic imine (C=N–C) groups is 1. The molecule has 0 saturated carbocycles. The van der Waals surface area contributed by atoms with Gasteiger partial charge in [-0.3, -0.25) is 4.79 Å². The lowest BCUT2D eigenvalue weighted by Crippen LogP contribution is -2.40. The molecule has 8 heteroatoms. The van der Waals surface area contributed by atoms with Gasteiger partial charge in [0.25, 0.3) is 5.91 Å². The van der Waals surface area contributed by atoms with E-state index in [1.807, 2.05) is 58.2 Å². The molecule has 6 nitrogen and oxygen atoms in total. The Balaban J connectivity index is 0.00000385. The Hall–Kier alpha value is -2.62. The zero-order chi connectivity index (χ0) is 23.1. The first-order valence-corrected chi connectivity index (χ1v) is 10.9. The van der Waals surface area contributed by atoms with Gasteiger partial charge in [-0.15, -0.1) is 24.0 Å². The number of carbonyl (C=O) groups excluding carboxylic acids is 1. The maximum atomic E-state index is 13.6. The fourth-order valence-corrected chi connectivity index (χ4v) is 3.41. The van der Waals surface area contributed by atoms with Crippen LogP contribution < -0.4 is 16.0 Å². The molecule has 0 aliphatic carbocycles. The largest absolute Gasteiger partial charge is 0.361 e. The third-order valence-corrected chi connectivity index (χ3v) is 4.86. The number of hydrogen-bond acceptors (Lipinski definition) is 2. The molecule has 1 amide bonds. The first-order valence-electron chi connectivity index (χ1n) is 10.9. The second kappa shape index (κ2) is 12.0. The average Bonchev–Trinajstić information content (AvgIpc) is 3.13. The number of nitrogens with zero attached hydrogens (tertiary/aromatic N) is 1. The van der Waals surface area contributed by atoms with Gasteiger partial charge in [0.2, 0.25) is 0 Å². The van der Waals surface area contributed by atoms with Crippen LogP contribution in [0.4, 0.5) is 4.39 Å². The number of aromatic amines is 1. The molecule has 1 heterocycles. The van der Waals surface area contributed by atoms with Crippen LogP contribution in [0.15, 0.2) is 53.7 Å².